The van der Waals surface area contributed by atoms with E-state index in [1.165, 1.54) is 44.5 Å². The average molecular weight is 250 g/mol. The van der Waals surface area contributed by atoms with Gasteiger partial charge in [-0.3, -0.25) is 0 Å². The second-order valence-corrected chi connectivity index (χ2v) is 6.43. The van der Waals surface area contributed by atoms with Crippen molar-refractivity contribution >= 4 is 11.3 Å². The predicted molar refractivity (Wildman–Crippen MR) is 73.6 cm³/mol. The molecule has 17 heavy (non-hydrogen) atoms. The van der Waals surface area contributed by atoms with Gasteiger partial charge in [0.1, 0.15) is 0 Å². The number of hydrogen-bond donors (Lipinski definition) is 1. The molecule has 0 aromatic carbocycles. The fourth-order valence-corrected chi connectivity index (χ4v) is 4.02. The lowest BCUT2D eigenvalue weighted by Gasteiger charge is -2.46. The summed E-state index contributed by atoms with van der Waals surface area (Å²) in [6, 6.07) is 3.60. The molecule has 94 valence electrons. The van der Waals surface area contributed by atoms with Crippen molar-refractivity contribution in [2.75, 3.05) is 19.6 Å². The minimum Gasteiger partial charge on any atom is -0.310 e. The molecule has 0 saturated carbocycles. The van der Waals surface area contributed by atoms with Crippen LogP contribution in [-0.4, -0.2) is 36.6 Å². The molecule has 2 nitrogen and oxygen atoms in total. The summed E-state index contributed by atoms with van der Waals surface area (Å²) in [5.41, 5.74) is 1.48. The van der Waals surface area contributed by atoms with Crippen molar-refractivity contribution in [2.24, 2.45) is 5.92 Å². The van der Waals surface area contributed by atoms with Gasteiger partial charge < -0.3 is 10.2 Å². The van der Waals surface area contributed by atoms with Crippen LogP contribution in [0.15, 0.2) is 16.8 Å². The first kappa shape index (κ1) is 11.7. The lowest BCUT2D eigenvalue weighted by molar-refractivity contribution is 0.0681. The third-order valence-corrected chi connectivity index (χ3v) is 5.01. The smallest absolute Gasteiger partial charge is 0.0226 e. The van der Waals surface area contributed by atoms with Crippen LogP contribution < -0.4 is 5.32 Å². The van der Waals surface area contributed by atoms with Gasteiger partial charge in [0.15, 0.2) is 0 Å². The van der Waals surface area contributed by atoms with Crippen molar-refractivity contribution in [1.82, 2.24) is 10.2 Å². The number of thiophene rings is 1. The van der Waals surface area contributed by atoms with E-state index in [1.54, 1.807) is 11.3 Å². The van der Waals surface area contributed by atoms with E-state index >= 15 is 0 Å². The molecule has 2 bridgehead atoms. The third kappa shape index (κ3) is 2.72. The van der Waals surface area contributed by atoms with E-state index in [4.69, 9.17) is 0 Å². The molecule has 2 atom stereocenters. The third-order valence-electron chi connectivity index (χ3n) is 4.28. The van der Waals surface area contributed by atoms with Crippen molar-refractivity contribution < 1.29 is 0 Å². The molecule has 3 heteroatoms. The summed E-state index contributed by atoms with van der Waals surface area (Å²) >= 11 is 1.80. The molecular formula is C14H22N2S. The van der Waals surface area contributed by atoms with E-state index in [0.717, 1.165) is 12.0 Å². The van der Waals surface area contributed by atoms with Crippen molar-refractivity contribution in [2.45, 2.75) is 38.3 Å². The Labute approximate surface area is 108 Å². The highest BCUT2D eigenvalue weighted by Crippen LogP contribution is 2.27. The Morgan fingerprint density at radius 2 is 2.29 bits per heavy atom. The van der Waals surface area contributed by atoms with Crippen molar-refractivity contribution in [3.63, 3.8) is 0 Å². The largest absolute Gasteiger partial charge is 0.310 e. The van der Waals surface area contributed by atoms with E-state index in [2.05, 4.69) is 34.0 Å². The van der Waals surface area contributed by atoms with Crippen LogP contribution in [0.4, 0.5) is 0 Å². The van der Waals surface area contributed by atoms with E-state index in [-0.39, 0.29) is 0 Å². The van der Waals surface area contributed by atoms with Crippen molar-refractivity contribution in [3.05, 3.63) is 22.4 Å². The van der Waals surface area contributed by atoms with Crippen LogP contribution in [0, 0.1) is 5.92 Å². The molecule has 4 heterocycles. The number of nitrogens with zero attached hydrogens (tertiary/aromatic N) is 1. The van der Waals surface area contributed by atoms with Gasteiger partial charge in [-0.05, 0) is 67.6 Å². The highest BCUT2D eigenvalue weighted by Gasteiger charge is 2.34. The van der Waals surface area contributed by atoms with Gasteiger partial charge in [0.05, 0.1) is 0 Å². The van der Waals surface area contributed by atoms with E-state index < -0.39 is 0 Å². The fraction of sp³-hybridized carbons (Fsp3) is 0.714. The van der Waals surface area contributed by atoms with Gasteiger partial charge in [0.25, 0.3) is 0 Å². The zero-order chi connectivity index (χ0) is 11.7. The summed E-state index contributed by atoms with van der Waals surface area (Å²) < 4.78 is 0. The predicted octanol–water partition coefficient (Wildman–Crippen LogP) is 2.36. The average Bonchev–Trinajstić information content (AvgIpc) is 2.83. The quantitative estimate of drug-likeness (QED) is 0.882. The Bertz CT molecular complexity index is 341. The summed E-state index contributed by atoms with van der Waals surface area (Å²) in [6.45, 7) is 6.28. The fourth-order valence-electron chi connectivity index (χ4n) is 3.34. The zero-order valence-electron chi connectivity index (χ0n) is 10.6. The number of rotatable bonds is 4. The van der Waals surface area contributed by atoms with Gasteiger partial charge in [0, 0.05) is 18.6 Å². The summed E-state index contributed by atoms with van der Waals surface area (Å²) in [5, 5.41) is 8.30. The van der Waals surface area contributed by atoms with Gasteiger partial charge in [-0.25, -0.2) is 0 Å². The Morgan fingerprint density at radius 3 is 2.88 bits per heavy atom. The highest BCUT2D eigenvalue weighted by atomic mass is 32.1. The molecule has 0 radical (unpaired) electrons. The molecule has 0 amide bonds. The second kappa shape index (κ2) is 5.09. The standard InChI is InChI=1S/C14H22N2S/c1-11(8-12-4-7-17-10-12)15-14-9-16-5-2-13(14)3-6-16/h4,7,10-11,13-15H,2-3,5-6,8-9H2,1H3. The maximum Gasteiger partial charge on any atom is 0.0226 e. The summed E-state index contributed by atoms with van der Waals surface area (Å²) in [4.78, 5) is 2.62. The number of piperidine rings is 3. The van der Waals surface area contributed by atoms with Gasteiger partial charge in [-0.2, -0.15) is 11.3 Å². The van der Waals surface area contributed by atoms with E-state index in [1.807, 2.05) is 0 Å². The molecule has 4 rings (SSSR count). The topological polar surface area (TPSA) is 15.3 Å². The molecule has 0 aliphatic carbocycles. The first-order valence-corrected chi connectivity index (χ1v) is 7.75. The Morgan fingerprint density at radius 1 is 1.47 bits per heavy atom. The minimum atomic E-state index is 0.607. The lowest BCUT2D eigenvalue weighted by atomic mass is 9.83. The van der Waals surface area contributed by atoms with Gasteiger partial charge in [-0.15, -0.1) is 0 Å². The SMILES string of the molecule is CC(Cc1ccsc1)NC1CN2CCC1CC2. The van der Waals surface area contributed by atoms with Crippen molar-refractivity contribution in [3.8, 4) is 0 Å². The zero-order valence-corrected chi connectivity index (χ0v) is 11.4. The maximum absolute atomic E-state index is 3.85. The summed E-state index contributed by atoms with van der Waals surface area (Å²) in [6.07, 6.45) is 3.98. The molecule has 3 aliphatic heterocycles. The molecule has 3 fully saturated rings. The maximum atomic E-state index is 3.85. The molecule has 3 aliphatic rings. The molecular weight excluding hydrogens is 228 g/mol. The van der Waals surface area contributed by atoms with Gasteiger partial charge in [-0.1, -0.05) is 0 Å². The van der Waals surface area contributed by atoms with Crippen LogP contribution in [-0.2, 0) is 6.42 Å². The molecule has 1 N–H and O–H groups in total. The Balaban J connectivity index is 1.53. The first-order chi connectivity index (χ1) is 8.31. The monoisotopic (exact) mass is 250 g/mol. The van der Waals surface area contributed by atoms with Gasteiger partial charge in [0.2, 0.25) is 0 Å². The van der Waals surface area contributed by atoms with Crippen LogP contribution in [0.1, 0.15) is 25.3 Å². The molecule has 1 aromatic heterocycles. The minimum absolute atomic E-state index is 0.607. The Kier molecular flexibility index (Phi) is 3.50. The molecule has 3 saturated heterocycles. The first-order valence-electron chi connectivity index (χ1n) is 6.81. The lowest BCUT2D eigenvalue weighted by Crippen LogP contribution is -2.57. The molecule has 0 spiro atoms. The normalized spacial score (nSPS) is 33.8. The molecule has 1 aromatic rings. The van der Waals surface area contributed by atoms with Crippen LogP contribution in [0.2, 0.25) is 0 Å². The number of nitrogens with one attached hydrogen (secondary N) is 1. The van der Waals surface area contributed by atoms with Crippen molar-refractivity contribution in [1.29, 1.82) is 0 Å². The molecule has 2 unspecified atom stereocenters. The van der Waals surface area contributed by atoms with Crippen LogP contribution in [0.5, 0.6) is 0 Å². The second-order valence-electron chi connectivity index (χ2n) is 5.65. The van der Waals surface area contributed by atoms with Crippen LogP contribution in [0.3, 0.4) is 0 Å². The van der Waals surface area contributed by atoms with Crippen LogP contribution in [0.25, 0.3) is 0 Å². The van der Waals surface area contributed by atoms with E-state index in [0.29, 0.717) is 6.04 Å². The number of hydrogen-bond acceptors (Lipinski definition) is 3. The van der Waals surface area contributed by atoms with E-state index in [9.17, 15) is 0 Å². The number of fused-ring (bicyclic) bond motifs is 3. The van der Waals surface area contributed by atoms with Gasteiger partial charge >= 0.3 is 0 Å². The highest BCUT2D eigenvalue weighted by molar-refractivity contribution is 7.07. The summed E-state index contributed by atoms with van der Waals surface area (Å²) in [7, 11) is 0. The Hall–Kier alpha value is -0.380. The summed E-state index contributed by atoms with van der Waals surface area (Å²) in [5.74, 6) is 0.935. The van der Waals surface area contributed by atoms with Crippen LogP contribution >= 0.6 is 11.3 Å².